The van der Waals surface area contributed by atoms with Gasteiger partial charge in [0.05, 0.1) is 17.1 Å². The second kappa shape index (κ2) is 6.05. The van der Waals surface area contributed by atoms with Crippen molar-refractivity contribution in [3.63, 3.8) is 0 Å². The van der Waals surface area contributed by atoms with Gasteiger partial charge in [0, 0.05) is 17.6 Å². The summed E-state index contributed by atoms with van der Waals surface area (Å²) < 4.78 is 2.77. The maximum absolute atomic E-state index is 11.9. The fraction of sp³-hybridized carbons (Fsp3) is 0.200. The molecule has 0 atom stereocenters. The average Bonchev–Trinajstić information content (AvgIpc) is 2.65. The Hall–Kier alpha value is -1.88. The molecule has 0 radical (unpaired) electrons. The van der Waals surface area contributed by atoms with Crippen molar-refractivity contribution in [3.05, 3.63) is 51.8 Å². The Bertz CT molecular complexity index is 657. The molecular formula is C15H16BrN3O. The Morgan fingerprint density at radius 2 is 1.95 bits per heavy atom. The van der Waals surface area contributed by atoms with Crippen LogP contribution in [0.4, 0.5) is 5.69 Å². The maximum atomic E-state index is 11.9. The molecule has 0 aliphatic carbocycles. The van der Waals surface area contributed by atoms with Gasteiger partial charge in [-0.05, 0) is 37.6 Å². The van der Waals surface area contributed by atoms with E-state index in [2.05, 4.69) is 26.3 Å². The fourth-order valence-corrected chi connectivity index (χ4v) is 2.13. The molecule has 1 aromatic heterocycles. The summed E-state index contributed by atoms with van der Waals surface area (Å²) in [6.07, 6.45) is 3.30. The van der Waals surface area contributed by atoms with Crippen molar-refractivity contribution >= 4 is 33.6 Å². The zero-order chi connectivity index (χ0) is 14.7. The normalized spacial score (nSPS) is 11.0. The number of carbonyl (C=O) groups excluding carboxylic acids is 1. The Kier molecular flexibility index (Phi) is 4.39. The molecule has 2 aromatic rings. The van der Waals surface area contributed by atoms with Crippen molar-refractivity contribution in [1.82, 2.24) is 9.78 Å². The quantitative estimate of drug-likeness (QED) is 0.874. The molecular weight excluding hydrogens is 318 g/mol. The lowest BCUT2D eigenvalue weighted by Gasteiger charge is -2.02. The molecule has 0 saturated heterocycles. The number of hydrogen-bond donors (Lipinski definition) is 1. The van der Waals surface area contributed by atoms with E-state index in [-0.39, 0.29) is 5.91 Å². The summed E-state index contributed by atoms with van der Waals surface area (Å²) in [4.78, 5) is 11.9. The van der Waals surface area contributed by atoms with E-state index in [1.54, 1.807) is 10.8 Å². The van der Waals surface area contributed by atoms with E-state index < -0.39 is 0 Å². The van der Waals surface area contributed by atoms with Crippen LogP contribution in [0.15, 0.2) is 34.8 Å². The molecule has 0 fully saturated rings. The first-order valence-electron chi connectivity index (χ1n) is 6.22. The summed E-state index contributed by atoms with van der Waals surface area (Å²) in [5, 5.41) is 7.13. The minimum atomic E-state index is -0.160. The Morgan fingerprint density at radius 3 is 2.50 bits per heavy atom. The molecule has 1 N–H and O–H groups in total. The van der Waals surface area contributed by atoms with Crippen molar-refractivity contribution in [1.29, 1.82) is 0 Å². The van der Waals surface area contributed by atoms with Crippen LogP contribution in [0.25, 0.3) is 6.08 Å². The van der Waals surface area contributed by atoms with Crippen molar-refractivity contribution in [3.8, 4) is 0 Å². The van der Waals surface area contributed by atoms with E-state index in [1.165, 1.54) is 6.08 Å². The van der Waals surface area contributed by atoms with Crippen LogP contribution in [0.1, 0.15) is 17.0 Å². The number of rotatable bonds is 3. The van der Waals surface area contributed by atoms with Gasteiger partial charge in [-0.1, -0.05) is 28.1 Å². The number of nitrogens with one attached hydrogen (secondary N) is 1. The van der Waals surface area contributed by atoms with E-state index in [0.717, 1.165) is 27.1 Å². The van der Waals surface area contributed by atoms with Crippen LogP contribution in [0.5, 0.6) is 0 Å². The summed E-state index contributed by atoms with van der Waals surface area (Å²) in [6.45, 7) is 3.80. The van der Waals surface area contributed by atoms with Gasteiger partial charge in [0.1, 0.15) is 0 Å². The van der Waals surface area contributed by atoms with Gasteiger partial charge in [-0.3, -0.25) is 9.48 Å². The summed E-state index contributed by atoms with van der Waals surface area (Å²) in [5.41, 5.74) is 3.50. The lowest BCUT2D eigenvalue weighted by molar-refractivity contribution is -0.111. The molecule has 1 amide bonds. The lowest BCUT2D eigenvalue weighted by atomic mass is 10.2. The summed E-state index contributed by atoms with van der Waals surface area (Å²) in [5.74, 6) is -0.160. The number of hydrogen-bond acceptors (Lipinski definition) is 2. The molecule has 0 aliphatic heterocycles. The SMILES string of the molecule is Cc1nn(C)c(C)c1NC(=O)/C=C/c1ccc(Br)cc1. The molecule has 0 bridgehead atoms. The third-order valence-electron chi connectivity index (χ3n) is 3.05. The highest BCUT2D eigenvalue weighted by atomic mass is 79.9. The van der Waals surface area contributed by atoms with Crippen LogP contribution in [-0.4, -0.2) is 15.7 Å². The topological polar surface area (TPSA) is 46.9 Å². The van der Waals surface area contributed by atoms with Crippen LogP contribution < -0.4 is 5.32 Å². The maximum Gasteiger partial charge on any atom is 0.248 e. The number of anilines is 1. The van der Waals surface area contributed by atoms with Crippen LogP contribution in [0, 0.1) is 13.8 Å². The zero-order valence-electron chi connectivity index (χ0n) is 11.6. The van der Waals surface area contributed by atoms with Gasteiger partial charge >= 0.3 is 0 Å². The molecule has 20 heavy (non-hydrogen) atoms. The Balaban J connectivity index is 2.07. The summed E-state index contributed by atoms with van der Waals surface area (Å²) in [6, 6.07) is 7.75. The van der Waals surface area contributed by atoms with Gasteiger partial charge in [-0.2, -0.15) is 5.10 Å². The molecule has 1 aromatic carbocycles. The number of amides is 1. The molecule has 1 heterocycles. The number of nitrogens with zero attached hydrogens (tertiary/aromatic N) is 2. The van der Waals surface area contributed by atoms with Gasteiger partial charge < -0.3 is 5.32 Å². The third kappa shape index (κ3) is 3.36. The van der Waals surface area contributed by atoms with Crippen molar-refractivity contribution in [2.75, 3.05) is 5.32 Å². The third-order valence-corrected chi connectivity index (χ3v) is 3.58. The van der Waals surface area contributed by atoms with Crippen LogP contribution in [0.3, 0.4) is 0 Å². The van der Waals surface area contributed by atoms with Crippen LogP contribution >= 0.6 is 15.9 Å². The highest BCUT2D eigenvalue weighted by Crippen LogP contribution is 2.18. The number of benzene rings is 1. The van der Waals surface area contributed by atoms with Gasteiger partial charge in [-0.15, -0.1) is 0 Å². The molecule has 0 aliphatic rings. The van der Waals surface area contributed by atoms with Crippen LogP contribution in [-0.2, 0) is 11.8 Å². The standard InChI is InChI=1S/C15H16BrN3O/c1-10-15(11(2)19(3)18-10)17-14(20)9-6-12-4-7-13(16)8-5-12/h4-9H,1-3H3,(H,17,20)/b9-6+. The van der Waals surface area contributed by atoms with E-state index >= 15 is 0 Å². The number of aryl methyl sites for hydroxylation is 2. The first kappa shape index (κ1) is 14.5. The molecule has 104 valence electrons. The second-order valence-electron chi connectivity index (χ2n) is 4.54. The number of carbonyl (C=O) groups is 1. The van der Waals surface area contributed by atoms with E-state index in [1.807, 2.05) is 45.2 Å². The predicted octanol–water partition coefficient (Wildman–Crippen LogP) is 3.45. The molecule has 4 nitrogen and oxygen atoms in total. The van der Waals surface area contributed by atoms with Crippen molar-refractivity contribution < 1.29 is 4.79 Å². The first-order chi connectivity index (χ1) is 9.47. The molecule has 0 spiro atoms. The van der Waals surface area contributed by atoms with E-state index in [9.17, 15) is 4.79 Å². The monoisotopic (exact) mass is 333 g/mol. The van der Waals surface area contributed by atoms with Gasteiger partial charge in [0.15, 0.2) is 0 Å². The van der Waals surface area contributed by atoms with Gasteiger partial charge in [0.2, 0.25) is 5.91 Å². The smallest absolute Gasteiger partial charge is 0.248 e. The van der Waals surface area contributed by atoms with E-state index in [0.29, 0.717) is 0 Å². The summed E-state index contributed by atoms with van der Waals surface area (Å²) >= 11 is 3.38. The molecule has 5 heteroatoms. The summed E-state index contributed by atoms with van der Waals surface area (Å²) in [7, 11) is 1.86. The predicted molar refractivity (Wildman–Crippen MR) is 84.5 cm³/mol. The molecule has 0 saturated carbocycles. The number of halogens is 1. The molecule has 2 rings (SSSR count). The van der Waals surface area contributed by atoms with Crippen LogP contribution in [0.2, 0.25) is 0 Å². The zero-order valence-corrected chi connectivity index (χ0v) is 13.2. The van der Waals surface area contributed by atoms with E-state index in [4.69, 9.17) is 0 Å². The Morgan fingerprint density at radius 1 is 1.30 bits per heavy atom. The lowest BCUT2D eigenvalue weighted by Crippen LogP contribution is -2.09. The largest absolute Gasteiger partial charge is 0.319 e. The molecule has 0 unspecified atom stereocenters. The van der Waals surface area contributed by atoms with Gasteiger partial charge in [0.25, 0.3) is 0 Å². The fourth-order valence-electron chi connectivity index (χ4n) is 1.87. The van der Waals surface area contributed by atoms with Crippen molar-refractivity contribution in [2.24, 2.45) is 7.05 Å². The average molecular weight is 334 g/mol. The second-order valence-corrected chi connectivity index (χ2v) is 5.46. The van der Waals surface area contributed by atoms with Gasteiger partial charge in [-0.25, -0.2) is 0 Å². The minimum Gasteiger partial charge on any atom is -0.319 e. The number of aromatic nitrogens is 2. The Labute approximate surface area is 126 Å². The first-order valence-corrected chi connectivity index (χ1v) is 7.01. The highest BCUT2D eigenvalue weighted by molar-refractivity contribution is 9.10. The van der Waals surface area contributed by atoms with Crippen molar-refractivity contribution in [2.45, 2.75) is 13.8 Å². The highest BCUT2D eigenvalue weighted by Gasteiger charge is 2.10. The minimum absolute atomic E-state index is 0.160.